The van der Waals surface area contributed by atoms with E-state index in [0.717, 1.165) is 0 Å². The summed E-state index contributed by atoms with van der Waals surface area (Å²) in [5.74, 6) is -27.5. The van der Waals surface area contributed by atoms with Crippen LogP contribution in [0.25, 0.3) is 0 Å². The number of hydrogen-bond acceptors (Lipinski definition) is 2. The standard InChI is InChI=1S/C12H13F11O2/c13-8(14,4-2-6-25-7-3-1-5-24-7)9(15,16)10(17,18)11(19,20)12(21,22)23/h7H,1-6H2. The van der Waals surface area contributed by atoms with Crippen LogP contribution < -0.4 is 0 Å². The average molecular weight is 398 g/mol. The van der Waals surface area contributed by atoms with Gasteiger partial charge < -0.3 is 9.47 Å². The summed E-state index contributed by atoms with van der Waals surface area (Å²) in [6.45, 7) is -0.352. The van der Waals surface area contributed by atoms with Gasteiger partial charge in [0.25, 0.3) is 0 Å². The van der Waals surface area contributed by atoms with Crippen molar-refractivity contribution in [1.29, 1.82) is 0 Å². The number of halogens is 11. The van der Waals surface area contributed by atoms with E-state index in [1.807, 2.05) is 0 Å². The highest BCUT2D eigenvalue weighted by Crippen LogP contribution is 2.58. The van der Waals surface area contributed by atoms with Crippen molar-refractivity contribution < 1.29 is 57.8 Å². The van der Waals surface area contributed by atoms with E-state index in [-0.39, 0.29) is 0 Å². The van der Waals surface area contributed by atoms with E-state index in [1.54, 1.807) is 0 Å². The SMILES string of the molecule is FC(F)(F)C(F)(F)C(F)(F)C(F)(F)C(F)(F)CCCOC1CCCO1. The Labute approximate surface area is 134 Å². The fraction of sp³-hybridized carbons (Fsp3) is 1.00. The predicted octanol–water partition coefficient (Wildman–Crippen LogP) is 5.02. The fourth-order valence-electron chi connectivity index (χ4n) is 1.95. The van der Waals surface area contributed by atoms with Gasteiger partial charge in [-0.05, 0) is 12.8 Å². The fourth-order valence-corrected chi connectivity index (χ4v) is 1.95. The normalized spacial score (nSPS) is 21.0. The monoisotopic (exact) mass is 398 g/mol. The Kier molecular flexibility index (Phi) is 6.25. The molecule has 0 bridgehead atoms. The molecule has 25 heavy (non-hydrogen) atoms. The summed E-state index contributed by atoms with van der Waals surface area (Å²) >= 11 is 0. The van der Waals surface area contributed by atoms with Crippen molar-refractivity contribution in [1.82, 2.24) is 0 Å². The van der Waals surface area contributed by atoms with Gasteiger partial charge in [-0.25, -0.2) is 0 Å². The van der Waals surface area contributed by atoms with E-state index < -0.39 is 55.6 Å². The minimum atomic E-state index is -7.35. The summed E-state index contributed by atoms with van der Waals surface area (Å²) in [4.78, 5) is 0. The summed E-state index contributed by atoms with van der Waals surface area (Å²) in [7, 11) is 0. The van der Waals surface area contributed by atoms with Gasteiger partial charge in [-0.15, -0.1) is 0 Å². The third-order valence-corrected chi connectivity index (χ3v) is 3.43. The van der Waals surface area contributed by atoms with E-state index in [9.17, 15) is 48.3 Å². The highest BCUT2D eigenvalue weighted by molar-refractivity contribution is 5.06. The zero-order valence-corrected chi connectivity index (χ0v) is 12.3. The molecular weight excluding hydrogens is 385 g/mol. The van der Waals surface area contributed by atoms with Crippen molar-refractivity contribution in [3.05, 3.63) is 0 Å². The first-order valence-corrected chi connectivity index (χ1v) is 6.89. The Balaban J connectivity index is 2.78. The summed E-state index contributed by atoms with van der Waals surface area (Å²) in [5.41, 5.74) is 0. The molecule has 1 atom stereocenters. The molecule has 0 aromatic carbocycles. The molecule has 13 heteroatoms. The topological polar surface area (TPSA) is 18.5 Å². The van der Waals surface area contributed by atoms with Crippen LogP contribution in [0.2, 0.25) is 0 Å². The van der Waals surface area contributed by atoms with Crippen molar-refractivity contribution in [3.8, 4) is 0 Å². The summed E-state index contributed by atoms with van der Waals surface area (Å²) < 4.78 is 149. The first-order valence-electron chi connectivity index (χ1n) is 6.89. The molecular formula is C12H13F11O2. The highest BCUT2D eigenvalue weighted by atomic mass is 19.4. The molecule has 0 saturated carbocycles. The number of ether oxygens (including phenoxy) is 2. The van der Waals surface area contributed by atoms with Crippen LogP contribution in [0.15, 0.2) is 0 Å². The van der Waals surface area contributed by atoms with Crippen LogP contribution in [0.3, 0.4) is 0 Å². The van der Waals surface area contributed by atoms with Crippen LogP contribution in [-0.4, -0.2) is 49.4 Å². The molecule has 0 N–H and O–H groups in total. The summed E-state index contributed by atoms with van der Waals surface area (Å²) in [5, 5.41) is 0. The Morgan fingerprint density at radius 2 is 1.36 bits per heavy atom. The van der Waals surface area contributed by atoms with Gasteiger partial charge in [-0.2, -0.15) is 48.3 Å². The van der Waals surface area contributed by atoms with E-state index in [0.29, 0.717) is 19.4 Å². The maximum absolute atomic E-state index is 13.3. The molecule has 1 heterocycles. The molecule has 150 valence electrons. The van der Waals surface area contributed by atoms with E-state index >= 15 is 0 Å². The molecule has 1 saturated heterocycles. The van der Waals surface area contributed by atoms with Gasteiger partial charge in [-0.1, -0.05) is 0 Å². The van der Waals surface area contributed by atoms with Gasteiger partial charge in [0.05, 0.1) is 0 Å². The molecule has 0 aliphatic carbocycles. The van der Waals surface area contributed by atoms with Gasteiger partial charge in [-0.3, -0.25) is 0 Å². The summed E-state index contributed by atoms with van der Waals surface area (Å²) in [6, 6.07) is 0. The third-order valence-electron chi connectivity index (χ3n) is 3.43. The molecule has 0 spiro atoms. The molecule has 1 fully saturated rings. The first-order chi connectivity index (χ1) is 11.1. The maximum atomic E-state index is 13.3. The van der Waals surface area contributed by atoms with Crippen molar-refractivity contribution in [2.24, 2.45) is 0 Å². The van der Waals surface area contributed by atoms with Crippen molar-refractivity contribution in [3.63, 3.8) is 0 Å². The first kappa shape index (κ1) is 22.2. The third kappa shape index (κ3) is 4.12. The lowest BCUT2D eigenvalue weighted by Crippen LogP contribution is -2.66. The largest absolute Gasteiger partial charge is 0.460 e. The minimum absolute atomic E-state index is 0.303. The molecule has 1 aliphatic rings. The molecule has 2 nitrogen and oxygen atoms in total. The second-order valence-corrected chi connectivity index (χ2v) is 5.34. The maximum Gasteiger partial charge on any atom is 0.460 e. The molecule has 1 aliphatic heterocycles. The minimum Gasteiger partial charge on any atom is -0.353 e. The number of hydrogen-bond donors (Lipinski definition) is 0. The Bertz CT molecular complexity index is 441. The average Bonchev–Trinajstić information content (AvgIpc) is 2.95. The van der Waals surface area contributed by atoms with E-state index in [4.69, 9.17) is 9.47 Å². The quantitative estimate of drug-likeness (QED) is 0.422. The van der Waals surface area contributed by atoms with E-state index in [2.05, 4.69) is 0 Å². The second-order valence-electron chi connectivity index (χ2n) is 5.34. The van der Waals surface area contributed by atoms with Gasteiger partial charge in [0, 0.05) is 26.1 Å². The van der Waals surface area contributed by atoms with Gasteiger partial charge in [0.2, 0.25) is 0 Å². The Morgan fingerprint density at radius 1 is 0.800 bits per heavy atom. The van der Waals surface area contributed by atoms with Crippen molar-refractivity contribution in [2.75, 3.05) is 13.2 Å². The van der Waals surface area contributed by atoms with Gasteiger partial charge >= 0.3 is 29.9 Å². The lowest BCUT2D eigenvalue weighted by atomic mass is 9.95. The molecule has 1 rings (SSSR count). The zero-order chi connectivity index (χ0) is 19.7. The highest BCUT2D eigenvalue weighted by Gasteiger charge is 2.86. The number of rotatable bonds is 8. The van der Waals surface area contributed by atoms with E-state index in [1.165, 1.54) is 0 Å². The van der Waals surface area contributed by atoms with Crippen LogP contribution in [0, 0.1) is 0 Å². The molecule has 1 unspecified atom stereocenters. The Morgan fingerprint density at radius 3 is 1.80 bits per heavy atom. The van der Waals surface area contributed by atoms with Gasteiger partial charge in [0.15, 0.2) is 6.29 Å². The van der Waals surface area contributed by atoms with Crippen LogP contribution in [0.5, 0.6) is 0 Å². The lowest BCUT2D eigenvalue weighted by molar-refractivity contribution is -0.422. The lowest BCUT2D eigenvalue weighted by Gasteiger charge is -2.37. The van der Waals surface area contributed by atoms with Crippen LogP contribution >= 0.6 is 0 Å². The van der Waals surface area contributed by atoms with Gasteiger partial charge in [0.1, 0.15) is 0 Å². The van der Waals surface area contributed by atoms with Crippen LogP contribution in [0.4, 0.5) is 48.3 Å². The number of alkyl halides is 11. The van der Waals surface area contributed by atoms with Crippen LogP contribution in [-0.2, 0) is 9.47 Å². The molecule has 0 amide bonds. The molecule has 0 aromatic heterocycles. The summed E-state index contributed by atoms with van der Waals surface area (Å²) in [6.07, 6.45) is -10.1. The zero-order valence-electron chi connectivity index (χ0n) is 12.3. The Hall–Kier alpha value is -0.850. The van der Waals surface area contributed by atoms with Crippen LogP contribution in [0.1, 0.15) is 25.7 Å². The van der Waals surface area contributed by atoms with Crippen molar-refractivity contribution >= 4 is 0 Å². The molecule has 0 radical (unpaired) electrons. The predicted molar refractivity (Wildman–Crippen MR) is 60.0 cm³/mol. The second kappa shape index (κ2) is 7.05. The van der Waals surface area contributed by atoms with Crippen molar-refractivity contribution in [2.45, 2.75) is 61.8 Å². The molecule has 0 aromatic rings. The smallest absolute Gasteiger partial charge is 0.353 e.